The van der Waals surface area contributed by atoms with Crippen LogP contribution in [-0.2, 0) is 11.2 Å². The summed E-state index contributed by atoms with van der Waals surface area (Å²) in [6, 6.07) is 8.84. The zero-order valence-electron chi connectivity index (χ0n) is 11.6. The van der Waals surface area contributed by atoms with Crippen molar-refractivity contribution in [3.63, 3.8) is 0 Å². The highest BCUT2D eigenvalue weighted by atomic mass is 16.6. The maximum Gasteiger partial charge on any atom is 0.0850 e. The molecule has 1 aliphatic rings. The molecule has 96 valence electrons. The number of allylic oxidation sites excluding steroid dienone is 4. The first kappa shape index (κ1) is 13.1. The van der Waals surface area contributed by atoms with E-state index in [1.807, 2.05) is 0 Å². The number of benzene rings is 1. The SMILES string of the molecule is CC/C(C)=C/C=C(\C)c1ccc(CC2CO2)cc1. The molecule has 2 rings (SSSR count). The normalized spacial score (nSPS) is 20.1. The van der Waals surface area contributed by atoms with Gasteiger partial charge >= 0.3 is 0 Å². The fourth-order valence-corrected chi connectivity index (χ4v) is 1.83. The van der Waals surface area contributed by atoms with Crippen LogP contribution in [0, 0.1) is 0 Å². The topological polar surface area (TPSA) is 12.5 Å². The summed E-state index contributed by atoms with van der Waals surface area (Å²) in [6.07, 6.45) is 7.06. The molecule has 1 nitrogen and oxygen atoms in total. The van der Waals surface area contributed by atoms with Gasteiger partial charge in [-0.1, -0.05) is 48.9 Å². The van der Waals surface area contributed by atoms with Crippen molar-refractivity contribution < 1.29 is 4.74 Å². The minimum atomic E-state index is 0.475. The average molecular weight is 242 g/mol. The van der Waals surface area contributed by atoms with Crippen molar-refractivity contribution in [2.24, 2.45) is 0 Å². The predicted octanol–water partition coefficient (Wildman–Crippen LogP) is 4.39. The summed E-state index contributed by atoms with van der Waals surface area (Å²) in [5, 5.41) is 0. The van der Waals surface area contributed by atoms with E-state index in [0.717, 1.165) is 19.4 Å². The number of ether oxygens (including phenoxy) is 1. The van der Waals surface area contributed by atoms with Gasteiger partial charge in [0, 0.05) is 6.42 Å². The lowest BCUT2D eigenvalue weighted by molar-refractivity contribution is 0.407. The Labute approximate surface area is 110 Å². The molecule has 0 aliphatic carbocycles. The molecular formula is C17H22O. The average Bonchev–Trinajstić information content (AvgIpc) is 3.20. The van der Waals surface area contributed by atoms with E-state index in [0.29, 0.717) is 6.10 Å². The van der Waals surface area contributed by atoms with Gasteiger partial charge in [-0.25, -0.2) is 0 Å². The quantitative estimate of drug-likeness (QED) is 0.551. The first-order valence-electron chi connectivity index (χ1n) is 6.74. The Bertz CT molecular complexity index is 447. The molecule has 1 atom stereocenters. The van der Waals surface area contributed by atoms with Crippen molar-refractivity contribution in [3.05, 3.63) is 53.1 Å². The van der Waals surface area contributed by atoms with Gasteiger partial charge in [-0.2, -0.15) is 0 Å². The second-order valence-electron chi connectivity index (χ2n) is 5.07. The minimum absolute atomic E-state index is 0.475. The van der Waals surface area contributed by atoms with Crippen molar-refractivity contribution in [1.82, 2.24) is 0 Å². The maximum absolute atomic E-state index is 5.25. The van der Waals surface area contributed by atoms with Gasteiger partial charge in [0.05, 0.1) is 12.7 Å². The van der Waals surface area contributed by atoms with Crippen molar-refractivity contribution >= 4 is 5.57 Å². The molecule has 1 fully saturated rings. The summed E-state index contributed by atoms with van der Waals surface area (Å²) in [5.41, 5.74) is 5.40. The molecule has 1 aromatic carbocycles. The van der Waals surface area contributed by atoms with Crippen LogP contribution in [0.15, 0.2) is 42.0 Å². The molecule has 0 aromatic heterocycles. The van der Waals surface area contributed by atoms with Crippen LogP contribution >= 0.6 is 0 Å². The fraction of sp³-hybridized carbons (Fsp3) is 0.412. The van der Waals surface area contributed by atoms with Gasteiger partial charge in [-0.05, 0) is 37.0 Å². The van der Waals surface area contributed by atoms with E-state index < -0.39 is 0 Å². The molecule has 1 heteroatoms. The van der Waals surface area contributed by atoms with E-state index in [4.69, 9.17) is 4.74 Å². The monoisotopic (exact) mass is 242 g/mol. The van der Waals surface area contributed by atoms with Gasteiger partial charge in [0.1, 0.15) is 0 Å². The number of hydrogen-bond donors (Lipinski definition) is 0. The smallest absolute Gasteiger partial charge is 0.0850 e. The van der Waals surface area contributed by atoms with Crippen molar-refractivity contribution in [2.75, 3.05) is 6.61 Å². The summed E-state index contributed by atoms with van der Waals surface area (Å²) in [4.78, 5) is 0. The molecule has 0 saturated carbocycles. The van der Waals surface area contributed by atoms with E-state index in [1.54, 1.807) is 0 Å². The Morgan fingerprint density at radius 3 is 2.44 bits per heavy atom. The van der Waals surface area contributed by atoms with Crippen molar-refractivity contribution in [1.29, 1.82) is 0 Å². The molecule has 1 aromatic rings. The van der Waals surface area contributed by atoms with Crippen LogP contribution in [0.4, 0.5) is 0 Å². The molecule has 0 N–H and O–H groups in total. The second kappa shape index (κ2) is 6.01. The molecule has 0 amide bonds. The summed E-state index contributed by atoms with van der Waals surface area (Å²) < 4.78 is 5.25. The highest BCUT2D eigenvalue weighted by Crippen LogP contribution is 2.19. The van der Waals surface area contributed by atoms with E-state index >= 15 is 0 Å². The van der Waals surface area contributed by atoms with Gasteiger partial charge in [0.25, 0.3) is 0 Å². The molecule has 1 aliphatic heterocycles. The molecule has 0 radical (unpaired) electrons. The van der Waals surface area contributed by atoms with Crippen LogP contribution in [0.3, 0.4) is 0 Å². The van der Waals surface area contributed by atoms with Crippen molar-refractivity contribution in [2.45, 2.75) is 39.7 Å². The summed E-state index contributed by atoms with van der Waals surface area (Å²) in [7, 11) is 0. The first-order valence-corrected chi connectivity index (χ1v) is 6.74. The minimum Gasteiger partial charge on any atom is -0.373 e. The van der Waals surface area contributed by atoms with Gasteiger partial charge in [0.2, 0.25) is 0 Å². The highest BCUT2D eigenvalue weighted by molar-refractivity contribution is 5.65. The third-order valence-corrected chi connectivity index (χ3v) is 3.45. The zero-order valence-corrected chi connectivity index (χ0v) is 11.6. The fourth-order valence-electron chi connectivity index (χ4n) is 1.83. The Hall–Kier alpha value is -1.34. The van der Waals surface area contributed by atoms with Crippen LogP contribution in [-0.4, -0.2) is 12.7 Å². The van der Waals surface area contributed by atoms with Crippen LogP contribution in [0.5, 0.6) is 0 Å². The number of rotatable bonds is 5. The molecule has 1 heterocycles. The van der Waals surface area contributed by atoms with Crippen LogP contribution < -0.4 is 0 Å². The lowest BCUT2D eigenvalue weighted by atomic mass is 10.0. The zero-order chi connectivity index (χ0) is 13.0. The Morgan fingerprint density at radius 1 is 1.22 bits per heavy atom. The van der Waals surface area contributed by atoms with Gasteiger partial charge in [0.15, 0.2) is 0 Å². The summed E-state index contributed by atoms with van der Waals surface area (Å²) >= 11 is 0. The number of epoxide rings is 1. The van der Waals surface area contributed by atoms with Gasteiger partial charge in [-0.3, -0.25) is 0 Å². The predicted molar refractivity (Wildman–Crippen MR) is 77.6 cm³/mol. The van der Waals surface area contributed by atoms with E-state index in [2.05, 4.69) is 57.2 Å². The third-order valence-electron chi connectivity index (χ3n) is 3.45. The molecule has 1 unspecified atom stereocenters. The number of hydrogen-bond acceptors (Lipinski definition) is 1. The lowest BCUT2D eigenvalue weighted by Crippen LogP contribution is -1.92. The standard InChI is InChI=1S/C17H22O/c1-4-13(2)5-6-14(3)16-9-7-15(8-10-16)11-17-12-18-17/h5-10,17H,4,11-12H2,1-3H3/b13-5+,14-6+. The van der Waals surface area contributed by atoms with E-state index in [-0.39, 0.29) is 0 Å². The van der Waals surface area contributed by atoms with Crippen LogP contribution in [0.25, 0.3) is 5.57 Å². The van der Waals surface area contributed by atoms with Crippen LogP contribution in [0.1, 0.15) is 38.3 Å². The largest absolute Gasteiger partial charge is 0.373 e. The molecular weight excluding hydrogens is 220 g/mol. The lowest BCUT2D eigenvalue weighted by Gasteiger charge is -2.03. The third kappa shape index (κ3) is 3.85. The van der Waals surface area contributed by atoms with E-state index in [1.165, 1.54) is 22.3 Å². The molecule has 0 bridgehead atoms. The van der Waals surface area contributed by atoms with Gasteiger partial charge in [-0.15, -0.1) is 0 Å². The summed E-state index contributed by atoms with van der Waals surface area (Å²) in [5.74, 6) is 0. The molecule has 1 saturated heterocycles. The van der Waals surface area contributed by atoms with Crippen molar-refractivity contribution in [3.8, 4) is 0 Å². The van der Waals surface area contributed by atoms with Crippen LogP contribution in [0.2, 0.25) is 0 Å². The molecule has 0 spiro atoms. The Morgan fingerprint density at radius 2 is 1.89 bits per heavy atom. The van der Waals surface area contributed by atoms with E-state index in [9.17, 15) is 0 Å². The summed E-state index contributed by atoms with van der Waals surface area (Å²) in [6.45, 7) is 7.45. The van der Waals surface area contributed by atoms with Gasteiger partial charge < -0.3 is 4.74 Å². The Kier molecular flexibility index (Phi) is 4.38. The second-order valence-corrected chi connectivity index (χ2v) is 5.07. The highest BCUT2D eigenvalue weighted by Gasteiger charge is 2.22. The molecule has 18 heavy (non-hydrogen) atoms. The first-order chi connectivity index (χ1) is 8.69. The maximum atomic E-state index is 5.25. The Balaban J connectivity index is 2.03.